The van der Waals surface area contributed by atoms with Crippen molar-refractivity contribution >= 4 is 15.9 Å². The van der Waals surface area contributed by atoms with E-state index in [9.17, 15) is 13.2 Å². The molecule has 1 amide bonds. The molecular weight excluding hydrogens is 280 g/mol. The third-order valence-corrected chi connectivity index (χ3v) is 3.93. The number of hydrogen-bond acceptors (Lipinski definition) is 4. The lowest BCUT2D eigenvalue weighted by Gasteiger charge is -2.07. The minimum Gasteiger partial charge on any atom is -0.384 e. The van der Waals surface area contributed by atoms with Crippen molar-refractivity contribution in [2.45, 2.75) is 18.2 Å². The number of hydrogen-bond donors (Lipinski definition) is 3. The summed E-state index contributed by atoms with van der Waals surface area (Å²) in [4.78, 5) is 10.7. The molecule has 7 heteroatoms. The van der Waals surface area contributed by atoms with Gasteiger partial charge < -0.3 is 10.8 Å². The summed E-state index contributed by atoms with van der Waals surface area (Å²) in [5.41, 5.74) is 6.27. The van der Waals surface area contributed by atoms with Gasteiger partial charge in [-0.05, 0) is 30.7 Å². The van der Waals surface area contributed by atoms with Crippen LogP contribution < -0.4 is 10.5 Å². The third kappa shape index (κ3) is 4.66. The average molecular weight is 296 g/mol. The molecule has 6 nitrogen and oxygen atoms in total. The number of carbonyl (C=O) groups is 1. The molecule has 0 spiro atoms. The smallest absolute Gasteiger partial charge is 0.240 e. The van der Waals surface area contributed by atoms with Crippen LogP contribution in [0.1, 0.15) is 17.5 Å². The van der Waals surface area contributed by atoms with E-state index in [0.29, 0.717) is 11.1 Å². The van der Waals surface area contributed by atoms with Crippen molar-refractivity contribution in [1.82, 2.24) is 4.72 Å². The Kier molecular flexibility index (Phi) is 5.70. The van der Waals surface area contributed by atoms with Gasteiger partial charge in [0.05, 0.1) is 4.90 Å². The fraction of sp³-hybridized carbons (Fsp3) is 0.308. The highest BCUT2D eigenvalue weighted by atomic mass is 32.2. The first-order valence-electron chi connectivity index (χ1n) is 5.85. The molecule has 4 N–H and O–H groups in total. The topological polar surface area (TPSA) is 109 Å². The van der Waals surface area contributed by atoms with E-state index in [1.165, 1.54) is 12.1 Å². The molecule has 0 unspecified atom stereocenters. The Morgan fingerprint density at radius 3 is 2.70 bits per heavy atom. The Morgan fingerprint density at radius 2 is 2.15 bits per heavy atom. The minimum atomic E-state index is -3.67. The molecule has 0 bridgehead atoms. The fourth-order valence-corrected chi connectivity index (χ4v) is 2.59. The van der Waals surface area contributed by atoms with E-state index >= 15 is 0 Å². The summed E-state index contributed by atoms with van der Waals surface area (Å²) < 4.78 is 26.2. The molecular formula is C13H16N2O4S. The van der Waals surface area contributed by atoms with Crippen LogP contribution in [0.2, 0.25) is 0 Å². The maximum absolute atomic E-state index is 12.0. The standard InChI is InChI=1S/C13H16N2O4S/c1-10-9-12(5-4-11(10)3-2-8-16)20(18,19)15-7-6-13(14)17/h4-5,9,15-16H,6-8H2,1H3,(H2,14,17). The molecule has 0 fully saturated rings. The van der Waals surface area contributed by atoms with Crippen molar-refractivity contribution < 1.29 is 18.3 Å². The fourth-order valence-electron chi connectivity index (χ4n) is 1.47. The van der Waals surface area contributed by atoms with Gasteiger partial charge in [-0.25, -0.2) is 13.1 Å². The predicted octanol–water partition coefficient (Wildman–Crippen LogP) is -0.507. The molecule has 0 aliphatic carbocycles. The van der Waals surface area contributed by atoms with Crippen molar-refractivity contribution in [1.29, 1.82) is 0 Å². The van der Waals surface area contributed by atoms with E-state index in [2.05, 4.69) is 16.6 Å². The van der Waals surface area contributed by atoms with Crippen molar-refractivity contribution in [2.24, 2.45) is 5.73 Å². The number of amides is 1. The summed E-state index contributed by atoms with van der Waals surface area (Å²) >= 11 is 0. The second kappa shape index (κ2) is 7.05. The largest absolute Gasteiger partial charge is 0.384 e. The van der Waals surface area contributed by atoms with Crippen molar-refractivity contribution in [3.05, 3.63) is 29.3 Å². The van der Waals surface area contributed by atoms with Crippen LogP contribution in [-0.4, -0.2) is 32.6 Å². The summed E-state index contributed by atoms with van der Waals surface area (Å²) in [6, 6.07) is 4.47. The van der Waals surface area contributed by atoms with E-state index < -0.39 is 15.9 Å². The second-order valence-corrected chi connectivity index (χ2v) is 5.82. The number of nitrogens with two attached hydrogens (primary N) is 1. The molecule has 0 saturated heterocycles. The number of rotatable bonds is 5. The monoisotopic (exact) mass is 296 g/mol. The molecule has 0 atom stereocenters. The van der Waals surface area contributed by atoms with Crippen LogP contribution in [0.3, 0.4) is 0 Å². The Morgan fingerprint density at radius 1 is 1.45 bits per heavy atom. The van der Waals surface area contributed by atoms with Crippen LogP contribution in [0.15, 0.2) is 23.1 Å². The van der Waals surface area contributed by atoms with Crippen LogP contribution in [0.25, 0.3) is 0 Å². The maximum atomic E-state index is 12.0. The van der Waals surface area contributed by atoms with Crippen LogP contribution in [-0.2, 0) is 14.8 Å². The number of aliphatic hydroxyl groups is 1. The Balaban J connectivity index is 2.91. The minimum absolute atomic E-state index is 0.0389. The molecule has 1 rings (SSSR count). The number of benzene rings is 1. The number of carbonyl (C=O) groups excluding carboxylic acids is 1. The molecule has 1 aromatic carbocycles. The summed E-state index contributed by atoms with van der Waals surface area (Å²) in [7, 11) is -3.67. The zero-order valence-electron chi connectivity index (χ0n) is 11.0. The van der Waals surface area contributed by atoms with Crippen molar-refractivity contribution in [3.8, 4) is 11.8 Å². The van der Waals surface area contributed by atoms with E-state index in [-0.39, 0.29) is 24.5 Å². The number of sulfonamides is 1. The molecule has 108 valence electrons. The highest BCUT2D eigenvalue weighted by Crippen LogP contribution is 2.14. The molecule has 0 aromatic heterocycles. The first-order valence-corrected chi connectivity index (χ1v) is 7.33. The lowest BCUT2D eigenvalue weighted by Crippen LogP contribution is -2.28. The van der Waals surface area contributed by atoms with Gasteiger partial charge in [0.1, 0.15) is 6.61 Å². The van der Waals surface area contributed by atoms with E-state index in [4.69, 9.17) is 10.8 Å². The lowest BCUT2D eigenvalue weighted by molar-refractivity contribution is -0.117. The van der Waals surface area contributed by atoms with Crippen LogP contribution in [0.4, 0.5) is 0 Å². The van der Waals surface area contributed by atoms with Gasteiger partial charge >= 0.3 is 0 Å². The van der Waals surface area contributed by atoms with Gasteiger partial charge in [0.2, 0.25) is 15.9 Å². The third-order valence-electron chi connectivity index (χ3n) is 2.47. The van der Waals surface area contributed by atoms with Crippen LogP contribution in [0.5, 0.6) is 0 Å². The van der Waals surface area contributed by atoms with E-state index in [1.807, 2.05) is 0 Å². The summed E-state index contributed by atoms with van der Waals surface area (Å²) in [5, 5.41) is 8.63. The van der Waals surface area contributed by atoms with Crippen LogP contribution >= 0.6 is 0 Å². The zero-order chi connectivity index (χ0) is 15.2. The molecule has 20 heavy (non-hydrogen) atoms. The summed E-state index contributed by atoms with van der Waals surface area (Å²) in [6.45, 7) is 1.43. The number of aliphatic hydroxyl groups excluding tert-OH is 1. The highest BCUT2D eigenvalue weighted by molar-refractivity contribution is 7.89. The van der Waals surface area contributed by atoms with Gasteiger partial charge in [0, 0.05) is 18.5 Å². The number of aryl methyl sites for hydroxylation is 1. The number of nitrogens with one attached hydrogen (secondary N) is 1. The second-order valence-electron chi connectivity index (χ2n) is 4.05. The normalized spacial score (nSPS) is 10.7. The first kappa shape index (κ1) is 16.2. The van der Waals surface area contributed by atoms with Gasteiger partial charge in [-0.2, -0.15) is 0 Å². The Hall–Kier alpha value is -1.88. The molecule has 0 heterocycles. The number of primary amides is 1. The quantitative estimate of drug-likeness (QED) is 0.636. The van der Waals surface area contributed by atoms with E-state index in [1.54, 1.807) is 13.0 Å². The van der Waals surface area contributed by atoms with Gasteiger partial charge in [-0.3, -0.25) is 4.79 Å². The van der Waals surface area contributed by atoms with Gasteiger partial charge in [0.15, 0.2) is 0 Å². The molecule has 0 radical (unpaired) electrons. The van der Waals surface area contributed by atoms with Gasteiger partial charge in [-0.1, -0.05) is 11.8 Å². The SMILES string of the molecule is Cc1cc(S(=O)(=O)NCCC(N)=O)ccc1C#CCO. The predicted molar refractivity (Wildman–Crippen MR) is 74.1 cm³/mol. The average Bonchev–Trinajstić information content (AvgIpc) is 2.36. The van der Waals surface area contributed by atoms with Crippen molar-refractivity contribution in [3.63, 3.8) is 0 Å². The van der Waals surface area contributed by atoms with Crippen molar-refractivity contribution in [2.75, 3.05) is 13.2 Å². The molecule has 0 aliphatic rings. The summed E-state index contributed by atoms with van der Waals surface area (Å²) in [6.07, 6.45) is -0.0573. The molecule has 0 saturated carbocycles. The highest BCUT2D eigenvalue weighted by Gasteiger charge is 2.14. The van der Waals surface area contributed by atoms with Gasteiger partial charge in [-0.15, -0.1) is 0 Å². The summed E-state index contributed by atoms with van der Waals surface area (Å²) in [5.74, 6) is 4.65. The lowest BCUT2D eigenvalue weighted by atomic mass is 10.1. The van der Waals surface area contributed by atoms with Gasteiger partial charge in [0.25, 0.3) is 0 Å². The van der Waals surface area contributed by atoms with E-state index in [0.717, 1.165) is 0 Å². The first-order chi connectivity index (χ1) is 9.36. The Bertz CT molecular complexity index is 657. The zero-order valence-corrected chi connectivity index (χ0v) is 11.8. The Labute approximate surface area is 118 Å². The van der Waals surface area contributed by atoms with Crippen LogP contribution in [0, 0.1) is 18.8 Å². The maximum Gasteiger partial charge on any atom is 0.240 e. The molecule has 0 aliphatic heterocycles. The molecule has 1 aromatic rings.